The van der Waals surface area contributed by atoms with Gasteiger partial charge in [-0.25, -0.2) is 0 Å². The molecule has 0 fully saturated rings. The van der Waals surface area contributed by atoms with E-state index in [2.05, 4.69) is 21.9 Å². The van der Waals surface area contributed by atoms with Gasteiger partial charge < -0.3 is 10.3 Å². The first-order valence-electron chi connectivity index (χ1n) is 6.06. The van der Waals surface area contributed by atoms with Crippen LogP contribution >= 0.6 is 11.6 Å². The van der Waals surface area contributed by atoms with Gasteiger partial charge in [0.05, 0.1) is 12.2 Å². The number of rotatable bonds is 4. The summed E-state index contributed by atoms with van der Waals surface area (Å²) < 4.78 is 3.89. The fraction of sp³-hybridized carbons (Fsp3) is 0.462. The minimum atomic E-state index is 0.157. The van der Waals surface area contributed by atoms with Crippen LogP contribution in [-0.4, -0.2) is 20.4 Å². The molecule has 2 aromatic heterocycles. The number of aryl methyl sites for hydroxylation is 2. The number of hydrogen-bond acceptors (Lipinski definition) is 2. The Morgan fingerprint density at radius 2 is 2.22 bits per heavy atom. The third-order valence-corrected chi connectivity index (χ3v) is 3.53. The predicted octanol–water partition coefficient (Wildman–Crippen LogP) is 2.12. The Labute approximate surface area is 112 Å². The Bertz CT molecular complexity index is 539. The third-order valence-electron chi connectivity index (χ3n) is 3.05. The molecule has 0 spiro atoms. The summed E-state index contributed by atoms with van der Waals surface area (Å²) in [5.74, 6) is 0. The topological polar surface area (TPSA) is 48.8 Å². The van der Waals surface area contributed by atoms with Crippen molar-refractivity contribution in [1.29, 1.82) is 0 Å². The smallest absolute Gasteiger partial charge is 0.131 e. The minimum Gasteiger partial charge on any atom is -0.347 e. The molecule has 0 bridgehead atoms. The standard InChI is InChI=1S/C13H19ClN4/c1-9(15)7-11-5-4-6-18(11)8-12-10(2)16-17(3)13(12)14/h4-6,9H,7-8,15H2,1-3H3. The molecule has 0 radical (unpaired) electrons. The lowest BCUT2D eigenvalue weighted by Gasteiger charge is -2.11. The molecule has 0 amide bonds. The molecule has 18 heavy (non-hydrogen) atoms. The minimum absolute atomic E-state index is 0.157. The first kappa shape index (κ1) is 13.2. The summed E-state index contributed by atoms with van der Waals surface area (Å²) in [7, 11) is 1.86. The average molecular weight is 267 g/mol. The van der Waals surface area contributed by atoms with Gasteiger partial charge in [-0.15, -0.1) is 0 Å². The van der Waals surface area contributed by atoms with E-state index in [0.29, 0.717) is 5.15 Å². The van der Waals surface area contributed by atoms with Crippen molar-refractivity contribution in [2.75, 3.05) is 0 Å². The second-order valence-electron chi connectivity index (χ2n) is 4.79. The highest BCUT2D eigenvalue weighted by Gasteiger charge is 2.13. The Hall–Kier alpha value is -1.26. The third kappa shape index (κ3) is 2.60. The molecule has 2 rings (SSSR count). The van der Waals surface area contributed by atoms with Crippen molar-refractivity contribution in [2.24, 2.45) is 12.8 Å². The molecule has 0 saturated carbocycles. The van der Waals surface area contributed by atoms with Crippen molar-refractivity contribution < 1.29 is 0 Å². The van der Waals surface area contributed by atoms with Gasteiger partial charge in [-0.2, -0.15) is 5.10 Å². The van der Waals surface area contributed by atoms with Gasteiger partial charge in [-0.05, 0) is 26.0 Å². The fourth-order valence-electron chi connectivity index (χ4n) is 2.14. The zero-order valence-electron chi connectivity index (χ0n) is 11.0. The largest absolute Gasteiger partial charge is 0.347 e. The van der Waals surface area contributed by atoms with E-state index in [1.54, 1.807) is 4.68 Å². The van der Waals surface area contributed by atoms with Gasteiger partial charge >= 0.3 is 0 Å². The van der Waals surface area contributed by atoms with Gasteiger partial charge in [0.15, 0.2) is 0 Å². The summed E-state index contributed by atoms with van der Waals surface area (Å²) in [6.07, 6.45) is 2.92. The summed E-state index contributed by atoms with van der Waals surface area (Å²) in [6.45, 7) is 4.74. The highest BCUT2D eigenvalue weighted by molar-refractivity contribution is 6.30. The summed E-state index contributed by atoms with van der Waals surface area (Å²) in [5.41, 5.74) is 9.13. The zero-order chi connectivity index (χ0) is 13.3. The Morgan fingerprint density at radius 1 is 1.50 bits per heavy atom. The quantitative estimate of drug-likeness (QED) is 0.922. The maximum absolute atomic E-state index is 6.25. The molecule has 4 nitrogen and oxygen atoms in total. The van der Waals surface area contributed by atoms with Crippen molar-refractivity contribution in [1.82, 2.24) is 14.3 Å². The monoisotopic (exact) mass is 266 g/mol. The predicted molar refractivity (Wildman–Crippen MR) is 73.8 cm³/mol. The van der Waals surface area contributed by atoms with Crippen LogP contribution < -0.4 is 5.73 Å². The van der Waals surface area contributed by atoms with E-state index >= 15 is 0 Å². The van der Waals surface area contributed by atoms with Crippen LogP contribution in [-0.2, 0) is 20.0 Å². The highest BCUT2D eigenvalue weighted by atomic mass is 35.5. The van der Waals surface area contributed by atoms with Crippen LogP contribution in [0.25, 0.3) is 0 Å². The number of aromatic nitrogens is 3. The van der Waals surface area contributed by atoms with Crippen molar-refractivity contribution in [2.45, 2.75) is 32.9 Å². The van der Waals surface area contributed by atoms with Gasteiger partial charge in [0.2, 0.25) is 0 Å². The second-order valence-corrected chi connectivity index (χ2v) is 5.15. The fourth-order valence-corrected chi connectivity index (χ4v) is 2.38. The van der Waals surface area contributed by atoms with Gasteiger partial charge in [-0.3, -0.25) is 4.68 Å². The van der Waals surface area contributed by atoms with Crippen LogP contribution in [0.1, 0.15) is 23.9 Å². The molecule has 2 N–H and O–H groups in total. The van der Waals surface area contributed by atoms with Crippen LogP contribution in [0.4, 0.5) is 0 Å². The molecule has 5 heteroatoms. The van der Waals surface area contributed by atoms with Crippen LogP contribution in [0.5, 0.6) is 0 Å². The van der Waals surface area contributed by atoms with Crippen molar-refractivity contribution >= 4 is 11.6 Å². The number of nitrogens with two attached hydrogens (primary N) is 1. The van der Waals surface area contributed by atoms with Gasteiger partial charge in [0.1, 0.15) is 5.15 Å². The van der Waals surface area contributed by atoms with E-state index in [-0.39, 0.29) is 6.04 Å². The van der Waals surface area contributed by atoms with Gasteiger partial charge in [0.25, 0.3) is 0 Å². The molecule has 98 valence electrons. The Kier molecular flexibility index (Phi) is 3.78. The Morgan fingerprint density at radius 3 is 2.78 bits per heavy atom. The maximum atomic E-state index is 6.25. The lowest BCUT2D eigenvalue weighted by atomic mass is 10.2. The molecule has 2 aromatic rings. The summed E-state index contributed by atoms with van der Waals surface area (Å²) in [4.78, 5) is 0. The van der Waals surface area contributed by atoms with Crippen LogP contribution in [0.3, 0.4) is 0 Å². The molecular weight excluding hydrogens is 248 g/mol. The van der Waals surface area contributed by atoms with Crippen LogP contribution in [0, 0.1) is 6.92 Å². The number of halogens is 1. The molecule has 0 aliphatic carbocycles. The van der Waals surface area contributed by atoms with Crippen molar-refractivity contribution in [3.8, 4) is 0 Å². The first-order valence-corrected chi connectivity index (χ1v) is 6.44. The molecule has 1 atom stereocenters. The number of hydrogen-bond donors (Lipinski definition) is 1. The van der Waals surface area contributed by atoms with Gasteiger partial charge in [-0.1, -0.05) is 11.6 Å². The van der Waals surface area contributed by atoms with E-state index in [9.17, 15) is 0 Å². The summed E-state index contributed by atoms with van der Waals surface area (Å²) in [5, 5.41) is 5.03. The SMILES string of the molecule is Cc1nn(C)c(Cl)c1Cn1cccc1CC(C)N. The van der Waals surface area contributed by atoms with E-state index in [1.807, 2.05) is 27.0 Å². The molecule has 2 heterocycles. The zero-order valence-corrected chi connectivity index (χ0v) is 11.8. The molecule has 0 aromatic carbocycles. The maximum Gasteiger partial charge on any atom is 0.131 e. The normalized spacial score (nSPS) is 12.9. The Balaban J connectivity index is 2.26. The summed E-state index contributed by atoms with van der Waals surface area (Å²) >= 11 is 6.25. The highest BCUT2D eigenvalue weighted by Crippen LogP contribution is 2.20. The van der Waals surface area contributed by atoms with Crippen molar-refractivity contribution in [3.63, 3.8) is 0 Å². The average Bonchev–Trinajstić information content (AvgIpc) is 2.79. The molecule has 1 unspecified atom stereocenters. The van der Waals surface area contributed by atoms with E-state index < -0.39 is 0 Å². The summed E-state index contributed by atoms with van der Waals surface area (Å²) in [6, 6.07) is 4.30. The lowest BCUT2D eigenvalue weighted by molar-refractivity contribution is 0.665. The lowest BCUT2D eigenvalue weighted by Crippen LogP contribution is -2.20. The second kappa shape index (κ2) is 5.16. The van der Waals surface area contributed by atoms with Crippen LogP contribution in [0.2, 0.25) is 5.15 Å². The molecule has 0 aliphatic rings. The van der Waals surface area contributed by atoms with E-state index in [0.717, 1.165) is 24.2 Å². The molecule has 0 aliphatic heterocycles. The molecular formula is C13H19ClN4. The van der Waals surface area contributed by atoms with E-state index in [1.165, 1.54) is 5.69 Å². The van der Waals surface area contributed by atoms with Crippen LogP contribution in [0.15, 0.2) is 18.3 Å². The number of nitrogens with zero attached hydrogens (tertiary/aromatic N) is 3. The molecule has 0 saturated heterocycles. The first-order chi connectivity index (χ1) is 8.49. The van der Waals surface area contributed by atoms with E-state index in [4.69, 9.17) is 17.3 Å². The van der Waals surface area contributed by atoms with Crippen molar-refractivity contribution in [3.05, 3.63) is 40.4 Å². The van der Waals surface area contributed by atoms with Gasteiger partial charge in [0, 0.05) is 37.0 Å².